The Labute approximate surface area is 86.7 Å². The van der Waals surface area contributed by atoms with Crippen LogP contribution in [0.4, 0.5) is 4.39 Å². The molecule has 1 atom stereocenters. The van der Waals surface area contributed by atoms with E-state index in [2.05, 4.69) is 4.98 Å². The summed E-state index contributed by atoms with van der Waals surface area (Å²) in [6.45, 7) is 0.406. The van der Waals surface area contributed by atoms with Crippen LogP contribution in [0.25, 0.3) is 10.9 Å². The molecule has 0 aliphatic carbocycles. The molecule has 3 nitrogen and oxygen atoms in total. The van der Waals surface area contributed by atoms with E-state index in [1.54, 1.807) is 18.3 Å². The Kier molecular flexibility index (Phi) is 2.70. The zero-order valence-corrected chi connectivity index (χ0v) is 8.20. The average molecular weight is 208 g/mol. The van der Waals surface area contributed by atoms with Crippen molar-refractivity contribution < 1.29 is 9.50 Å². The fourth-order valence-corrected chi connectivity index (χ4v) is 1.73. The average Bonchev–Trinajstić information content (AvgIpc) is 2.63. The maximum Gasteiger partial charge on any atom is 0.147 e. The van der Waals surface area contributed by atoms with Gasteiger partial charge in [-0.3, -0.25) is 0 Å². The largest absolute Gasteiger partial charge is 0.388 e. The highest BCUT2D eigenvalue weighted by molar-refractivity contribution is 5.84. The lowest BCUT2D eigenvalue weighted by Crippen LogP contribution is -2.06. The smallest absolute Gasteiger partial charge is 0.147 e. The Balaban J connectivity index is 2.49. The summed E-state index contributed by atoms with van der Waals surface area (Å²) in [4.78, 5) is 2.82. The van der Waals surface area contributed by atoms with Gasteiger partial charge in [0.2, 0.25) is 0 Å². The molecule has 2 aromatic rings. The molecule has 0 saturated heterocycles. The minimum atomic E-state index is -0.634. The third-order valence-electron chi connectivity index (χ3n) is 2.50. The molecular weight excluding hydrogens is 195 g/mol. The van der Waals surface area contributed by atoms with Gasteiger partial charge in [0.05, 0.1) is 11.6 Å². The van der Waals surface area contributed by atoms with E-state index in [0.29, 0.717) is 24.0 Å². The first-order valence-corrected chi connectivity index (χ1v) is 4.87. The van der Waals surface area contributed by atoms with Crippen molar-refractivity contribution >= 4 is 10.9 Å². The molecule has 4 heteroatoms. The minimum Gasteiger partial charge on any atom is -0.388 e. The van der Waals surface area contributed by atoms with E-state index in [9.17, 15) is 9.50 Å². The number of hydrogen-bond acceptors (Lipinski definition) is 2. The van der Waals surface area contributed by atoms with E-state index in [0.717, 1.165) is 5.39 Å². The van der Waals surface area contributed by atoms with Gasteiger partial charge in [-0.1, -0.05) is 12.1 Å². The van der Waals surface area contributed by atoms with Crippen molar-refractivity contribution in [3.05, 3.63) is 35.8 Å². The van der Waals surface area contributed by atoms with Crippen LogP contribution >= 0.6 is 0 Å². The van der Waals surface area contributed by atoms with Gasteiger partial charge in [0.25, 0.3) is 0 Å². The van der Waals surface area contributed by atoms with Crippen molar-refractivity contribution in [2.24, 2.45) is 5.73 Å². The molecule has 80 valence electrons. The van der Waals surface area contributed by atoms with Gasteiger partial charge in [0.15, 0.2) is 0 Å². The summed E-state index contributed by atoms with van der Waals surface area (Å²) in [7, 11) is 0. The first-order valence-electron chi connectivity index (χ1n) is 4.87. The number of nitrogens with two attached hydrogens (primary N) is 1. The second kappa shape index (κ2) is 4.00. The van der Waals surface area contributed by atoms with Crippen molar-refractivity contribution in [2.75, 3.05) is 6.54 Å². The standard InChI is InChI=1S/C11H13FN2O/c12-9-3-1-2-7-8(6-14-11(7)9)10(15)4-5-13/h1-3,6,10,14-15H,4-5,13H2. The highest BCUT2D eigenvalue weighted by atomic mass is 19.1. The van der Waals surface area contributed by atoms with Crippen molar-refractivity contribution in [1.29, 1.82) is 0 Å². The fraction of sp³-hybridized carbons (Fsp3) is 0.273. The summed E-state index contributed by atoms with van der Waals surface area (Å²) in [5.74, 6) is -0.307. The number of aromatic amines is 1. The number of aliphatic hydroxyl groups is 1. The topological polar surface area (TPSA) is 62.0 Å². The molecule has 15 heavy (non-hydrogen) atoms. The Bertz CT molecular complexity index is 467. The first kappa shape index (κ1) is 10.1. The molecule has 0 aliphatic rings. The number of nitrogens with one attached hydrogen (secondary N) is 1. The Morgan fingerprint density at radius 3 is 3.00 bits per heavy atom. The van der Waals surface area contributed by atoms with Gasteiger partial charge in [-0.2, -0.15) is 0 Å². The van der Waals surface area contributed by atoms with Crippen molar-refractivity contribution in [2.45, 2.75) is 12.5 Å². The Morgan fingerprint density at radius 1 is 1.47 bits per heavy atom. The molecule has 0 amide bonds. The van der Waals surface area contributed by atoms with Crippen LogP contribution < -0.4 is 5.73 Å². The predicted octanol–water partition coefficient (Wildman–Crippen LogP) is 1.69. The van der Waals surface area contributed by atoms with Gasteiger partial charge >= 0.3 is 0 Å². The normalized spacial score (nSPS) is 13.3. The zero-order chi connectivity index (χ0) is 10.8. The maximum absolute atomic E-state index is 13.3. The van der Waals surface area contributed by atoms with Crippen molar-refractivity contribution in [3.8, 4) is 0 Å². The molecule has 1 aromatic carbocycles. The van der Waals surface area contributed by atoms with Crippen LogP contribution in [0, 0.1) is 5.82 Å². The number of rotatable bonds is 3. The molecule has 0 spiro atoms. The number of hydrogen-bond donors (Lipinski definition) is 3. The monoisotopic (exact) mass is 208 g/mol. The van der Waals surface area contributed by atoms with Crippen molar-refractivity contribution in [1.82, 2.24) is 4.98 Å². The van der Waals surface area contributed by atoms with Gasteiger partial charge in [-0.15, -0.1) is 0 Å². The van der Waals surface area contributed by atoms with Gasteiger partial charge in [0, 0.05) is 17.1 Å². The van der Waals surface area contributed by atoms with Crippen LogP contribution in [0.5, 0.6) is 0 Å². The van der Waals surface area contributed by atoms with Crippen LogP contribution in [-0.4, -0.2) is 16.6 Å². The lowest BCUT2D eigenvalue weighted by atomic mass is 10.1. The lowest BCUT2D eigenvalue weighted by molar-refractivity contribution is 0.172. The minimum absolute atomic E-state index is 0.307. The molecule has 0 bridgehead atoms. The highest BCUT2D eigenvalue weighted by Gasteiger charge is 2.13. The second-order valence-electron chi connectivity index (χ2n) is 3.50. The number of halogens is 1. The SMILES string of the molecule is NCCC(O)c1c[nH]c2c(F)cccc12. The third kappa shape index (κ3) is 1.73. The molecule has 1 unspecified atom stereocenters. The van der Waals surface area contributed by atoms with Crippen molar-refractivity contribution in [3.63, 3.8) is 0 Å². The van der Waals surface area contributed by atoms with Gasteiger partial charge < -0.3 is 15.8 Å². The van der Waals surface area contributed by atoms with Crippen LogP contribution in [-0.2, 0) is 0 Å². The predicted molar refractivity (Wildman–Crippen MR) is 56.9 cm³/mol. The fourth-order valence-electron chi connectivity index (χ4n) is 1.73. The number of fused-ring (bicyclic) bond motifs is 1. The summed E-state index contributed by atoms with van der Waals surface area (Å²) in [5.41, 5.74) is 6.50. The Morgan fingerprint density at radius 2 is 2.27 bits per heavy atom. The van der Waals surface area contributed by atoms with Crippen LogP contribution in [0.3, 0.4) is 0 Å². The van der Waals surface area contributed by atoms with Gasteiger partial charge in [-0.25, -0.2) is 4.39 Å². The quantitative estimate of drug-likeness (QED) is 0.718. The number of H-pyrrole nitrogens is 1. The molecule has 1 aromatic heterocycles. The van der Waals surface area contributed by atoms with Crippen LogP contribution in [0.1, 0.15) is 18.1 Å². The summed E-state index contributed by atoms with van der Waals surface area (Å²) in [6.07, 6.45) is 1.47. The van der Waals surface area contributed by atoms with Gasteiger partial charge in [0.1, 0.15) is 5.82 Å². The number of aliphatic hydroxyl groups excluding tert-OH is 1. The molecular formula is C11H13FN2O. The molecule has 0 fully saturated rings. The summed E-state index contributed by atoms with van der Waals surface area (Å²) >= 11 is 0. The molecule has 1 heterocycles. The molecule has 0 saturated carbocycles. The summed E-state index contributed by atoms with van der Waals surface area (Å²) in [5, 5.41) is 10.5. The van der Waals surface area contributed by atoms with E-state index in [1.165, 1.54) is 6.07 Å². The highest BCUT2D eigenvalue weighted by Crippen LogP contribution is 2.26. The summed E-state index contributed by atoms with van der Waals surface area (Å²) in [6, 6.07) is 4.80. The number of benzene rings is 1. The van der Waals surface area contributed by atoms with Crippen LogP contribution in [0.2, 0.25) is 0 Å². The van der Waals surface area contributed by atoms with E-state index in [4.69, 9.17) is 5.73 Å². The molecule has 2 rings (SSSR count). The summed E-state index contributed by atoms with van der Waals surface area (Å²) < 4.78 is 13.3. The number of para-hydroxylation sites is 1. The van der Waals surface area contributed by atoms with E-state index >= 15 is 0 Å². The van der Waals surface area contributed by atoms with Gasteiger partial charge in [-0.05, 0) is 19.0 Å². The third-order valence-corrected chi connectivity index (χ3v) is 2.50. The number of aromatic nitrogens is 1. The molecule has 4 N–H and O–H groups in total. The molecule has 0 aliphatic heterocycles. The molecule has 0 radical (unpaired) electrons. The van der Waals surface area contributed by atoms with E-state index in [-0.39, 0.29) is 5.82 Å². The maximum atomic E-state index is 13.3. The lowest BCUT2D eigenvalue weighted by Gasteiger charge is -2.07. The Hall–Kier alpha value is -1.39. The van der Waals surface area contributed by atoms with E-state index in [1.807, 2.05) is 0 Å². The zero-order valence-electron chi connectivity index (χ0n) is 8.20. The second-order valence-corrected chi connectivity index (χ2v) is 3.50. The van der Waals surface area contributed by atoms with Crippen LogP contribution in [0.15, 0.2) is 24.4 Å². The first-order chi connectivity index (χ1) is 7.24. The van der Waals surface area contributed by atoms with E-state index < -0.39 is 6.10 Å².